The van der Waals surface area contributed by atoms with Crippen molar-refractivity contribution in [2.45, 2.75) is 51.7 Å². The van der Waals surface area contributed by atoms with E-state index >= 15 is 0 Å². The quantitative estimate of drug-likeness (QED) is 0.751. The fourth-order valence-corrected chi connectivity index (χ4v) is 5.05. The van der Waals surface area contributed by atoms with Crippen LogP contribution in [-0.2, 0) is 11.3 Å². The van der Waals surface area contributed by atoms with Crippen molar-refractivity contribution in [3.05, 3.63) is 57.4 Å². The molecule has 0 atom stereocenters. The number of halogens is 1. The van der Waals surface area contributed by atoms with E-state index in [0.29, 0.717) is 49.3 Å². The standard InChI is InChI=1S/C25H33FN4O3/c1-17(25(2,3)26)28-12-14-29(15-13-28)22(31)19-10-8-18(9-11-19)16-30-23(32)20-6-4-5-7-21(20)27-24(30)33/h4-7,18-19H,1,8-16H2,2-3H3,(H,27,33). The summed E-state index contributed by atoms with van der Waals surface area (Å²) >= 11 is 0. The number of benzene rings is 1. The Balaban J connectivity index is 1.32. The lowest BCUT2D eigenvalue weighted by molar-refractivity contribution is -0.138. The summed E-state index contributed by atoms with van der Waals surface area (Å²) in [5.41, 5.74) is -1.08. The molecule has 178 valence electrons. The van der Waals surface area contributed by atoms with Crippen LogP contribution in [0.2, 0.25) is 0 Å². The minimum Gasteiger partial charge on any atom is -0.369 e. The molecule has 8 heteroatoms. The third-order valence-corrected chi connectivity index (χ3v) is 7.19. The molecule has 0 unspecified atom stereocenters. The predicted octanol–water partition coefficient (Wildman–Crippen LogP) is 2.90. The highest BCUT2D eigenvalue weighted by Gasteiger charge is 2.33. The minimum absolute atomic E-state index is 0.0276. The van der Waals surface area contributed by atoms with Crippen LogP contribution < -0.4 is 11.2 Å². The Bertz CT molecular complexity index is 1150. The number of hydrogen-bond donors (Lipinski definition) is 1. The van der Waals surface area contributed by atoms with Gasteiger partial charge in [-0.2, -0.15) is 0 Å². The SMILES string of the molecule is C=C(N1CCN(C(=O)C2CCC(Cn3c(=O)[nH]c4ccccc4c3=O)CC2)CC1)C(C)(C)F. The van der Waals surface area contributed by atoms with Gasteiger partial charge in [0.1, 0.15) is 5.67 Å². The number of nitrogens with one attached hydrogen (secondary N) is 1. The van der Waals surface area contributed by atoms with Gasteiger partial charge in [-0.1, -0.05) is 18.7 Å². The molecule has 1 saturated heterocycles. The van der Waals surface area contributed by atoms with Crippen LogP contribution in [0.25, 0.3) is 10.9 Å². The van der Waals surface area contributed by atoms with E-state index in [1.165, 1.54) is 18.4 Å². The van der Waals surface area contributed by atoms with Gasteiger partial charge in [0.05, 0.1) is 10.9 Å². The van der Waals surface area contributed by atoms with E-state index < -0.39 is 5.67 Å². The van der Waals surface area contributed by atoms with Gasteiger partial charge in [-0.05, 0) is 57.6 Å². The molecule has 2 aliphatic rings. The second kappa shape index (κ2) is 9.15. The van der Waals surface area contributed by atoms with Gasteiger partial charge in [-0.25, -0.2) is 9.18 Å². The van der Waals surface area contributed by atoms with Crippen molar-refractivity contribution in [1.82, 2.24) is 19.4 Å². The number of aromatic nitrogens is 2. The zero-order valence-corrected chi connectivity index (χ0v) is 19.5. The Hall–Kier alpha value is -2.90. The lowest BCUT2D eigenvalue weighted by Crippen LogP contribution is -2.51. The Morgan fingerprint density at radius 1 is 1.06 bits per heavy atom. The lowest BCUT2D eigenvalue weighted by atomic mass is 9.81. The first-order valence-corrected chi connectivity index (χ1v) is 11.8. The van der Waals surface area contributed by atoms with Gasteiger partial charge >= 0.3 is 5.69 Å². The van der Waals surface area contributed by atoms with E-state index in [-0.39, 0.29) is 29.0 Å². The highest BCUT2D eigenvalue weighted by molar-refractivity contribution is 5.79. The molecule has 1 saturated carbocycles. The molecule has 2 fully saturated rings. The van der Waals surface area contributed by atoms with Gasteiger partial charge in [-0.15, -0.1) is 0 Å². The first kappa shape index (κ1) is 23.3. The van der Waals surface area contributed by atoms with Crippen LogP contribution in [0.1, 0.15) is 39.5 Å². The molecule has 1 amide bonds. The van der Waals surface area contributed by atoms with Crippen molar-refractivity contribution in [1.29, 1.82) is 0 Å². The van der Waals surface area contributed by atoms with Crippen molar-refractivity contribution >= 4 is 16.8 Å². The van der Waals surface area contributed by atoms with Crippen LogP contribution in [0.15, 0.2) is 46.1 Å². The highest BCUT2D eigenvalue weighted by Crippen LogP contribution is 2.31. The first-order valence-electron chi connectivity index (χ1n) is 11.8. The Kier molecular flexibility index (Phi) is 6.45. The summed E-state index contributed by atoms with van der Waals surface area (Å²) in [7, 11) is 0. The number of carbonyl (C=O) groups is 1. The molecule has 1 aliphatic carbocycles. The monoisotopic (exact) mass is 456 g/mol. The summed E-state index contributed by atoms with van der Waals surface area (Å²) in [6.45, 7) is 9.62. The van der Waals surface area contributed by atoms with Crippen LogP contribution in [0.5, 0.6) is 0 Å². The zero-order chi connectivity index (χ0) is 23.8. The smallest absolute Gasteiger partial charge is 0.328 e. The summed E-state index contributed by atoms with van der Waals surface area (Å²) in [6, 6.07) is 7.03. The van der Waals surface area contributed by atoms with E-state index in [9.17, 15) is 18.8 Å². The number of hydrogen-bond acceptors (Lipinski definition) is 4. The Labute approximate surface area is 192 Å². The molecule has 1 N–H and O–H groups in total. The molecular weight excluding hydrogens is 423 g/mol. The van der Waals surface area contributed by atoms with Gasteiger partial charge in [0.25, 0.3) is 5.56 Å². The number of piperazine rings is 1. The van der Waals surface area contributed by atoms with E-state index in [1.54, 1.807) is 24.3 Å². The number of rotatable bonds is 5. The van der Waals surface area contributed by atoms with Crippen molar-refractivity contribution in [2.75, 3.05) is 26.2 Å². The van der Waals surface area contributed by atoms with E-state index in [1.807, 2.05) is 9.80 Å². The summed E-state index contributed by atoms with van der Waals surface area (Å²) in [5, 5.41) is 0.513. The van der Waals surface area contributed by atoms with Crippen molar-refractivity contribution in [3.63, 3.8) is 0 Å². The van der Waals surface area contributed by atoms with Crippen molar-refractivity contribution < 1.29 is 9.18 Å². The first-order chi connectivity index (χ1) is 15.6. The van der Waals surface area contributed by atoms with Crippen LogP contribution in [0, 0.1) is 11.8 Å². The molecule has 2 aromatic rings. The molecule has 1 aromatic heterocycles. The number of amides is 1. The maximum Gasteiger partial charge on any atom is 0.328 e. The Morgan fingerprint density at radius 2 is 1.67 bits per heavy atom. The van der Waals surface area contributed by atoms with Gasteiger partial charge < -0.3 is 14.8 Å². The number of alkyl halides is 1. The molecule has 0 radical (unpaired) electrons. The summed E-state index contributed by atoms with van der Waals surface area (Å²) in [6.07, 6.45) is 3.13. The van der Waals surface area contributed by atoms with Gasteiger partial charge in [-0.3, -0.25) is 14.2 Å². The highest BCUT2D eigenvalue weighted by atomic mass is 19.1. The maximum atomic E-state index is 14.2. The van der Waals surface area contributed by atoms with Gasteiger partial charge in [0.15, 0.2) is 0 Å². The van der Waals surface area contributed by atoms with E-state index in [0.717, 1.165) is 25.7 Å². The molecular formula is C25H33FN4O3. The average Bonchev–Trinajstić information content (AvgIpc) is 2.81. The minimum atomic E-state index is -1.46. The zero-order valence-electron chi connectivity index (χ0n) is 19.5. The summed E-state index contributed by atoms with van der Waals surface area (Å²) in [4.78, 5) is 44.9. The molecule has 0 spiro atoms. The van der Waals surface area contributed by atoms with E-state index in [4.69, 9.17) is 0 Å². The second-order valence-electron chi connectivity index (χ2n) is 9.84. The Morgan fingerprint density at radius 3 is 2.30 bits per heavy atom. The third kappa shape index (κ3) is 4.89. The second-order valence-corrected chi connectivity index (χ2v) is 9.84. The third-order valence-electron chi connectivity index (χ3n) is 7.19. The molecule has 7 nitrogen and oxygen atoms in total. The van der Waals surface area contributed by atoms with E-state index in [2.05, 4.69) is 11.6 Å². The van der Waals surface area contributed by atoms with Crippen LogP contribution >= 0.6 is 0 Å². The topological polar surface area (TPSA) is 78.4 Å². The van der Waals surface area contributed by atoms with Gasteiger partial charge in [0, 0.05) is 44.3 Å². The molecule has 1 aromatic carbocycles. The van der Waals surface area contributed by atoms with Crippen molar-refractivity contribution in [2.24, 2.45) is 11.8 Å². The molecule has 33 heavy (non-hydrogen) atoms. The molecule has 2 heterocycles. The molecule has 1 aliphatic heterocycles. The average molecular weight is 457 g/mol. The number of nitrogens with zero attached hydrogens (tertiary/aromatic N) is 3. The molecule has 4 rings (SSSR count). The number of para-hydroxylation sites is 1. The number of fused-ring (bicyclic) bond motifs is 1. The predicted molar refractivity (Wildman–Crippen MR) is 127 cm³/mol. The normalized spacial score (nSPS) is 21.9. The largest absolute Gasteiger partial charge is 0.369 e. The molecule has 0 bridgehead atoms. The summed E-state index contributed by atoms with van der Waals surface area (Å²) < 4.78 is 15.5. The van der Waals surface area contributed by atoms with Crippen LogP contribution in [0.4, 0.5) is 4.39 Å². The number of allylic oxidation sites excluding steroid dienone is 1. The maximum absolute atomic E-state index is 14.2. The van der Waals surface area contributed by atoms with Gasteiger partial charge in [0.2, 0.25) is 5.91 Å². The fourth-order valence-electron chi connectivity index (χ4n) is 5.05. The number of aromatic amines is 1. The number of H-pyrrole nitrogens is 1. The fraction of sp³-hybridized carbons (Fsp3) is 0.560. The number of carbonyl (C=O) groups excluding carboxylic acids is 1. The van der Waals surface area contributed by atoms with Crippen molar-refractivity contribution in [3.8, 4) is 0 Å². The lowest BCUT2D eigenvalue weighted by Gasteiger charge is -2.41. The summed E-state index contributed by atoms with van der Waals surface area (Å²) in [5.74, 6) is 0.333. The van der Waals surface area contributed by atoms with Crippen LogP contribution in [0.3, 0.4) is 0 Å². The van der Waals surface area contributed by atoms with Crippen LogP contribution in [-0.4, -0.2) is 57.1 Å².